The average Bonchev–Trinajstić information content (AvgIpc) is 3.27. The van der Waals surface area contributed by atoms with Gasteiger partial charge in [0.2, 0.25) is 5.60 Å². The average molecular weight is 462 g/mol. The van der Waals surface area contributed by atoms with Gasteiger partial charge in [-0.3, -0.25) is 0 Å². The Bertz CT molecular complexity index is 1460. The van der Waals surface area contributed by atoms with Gasteiger partial charge in [0.15, 0.2) is 0 Å². The van der Waals surface area contributed by atoms with Crippen LogP contribution in [0.4, 0.5) is 17.6 Å². The van der Waals surface area contributed by atoms with Crippen LogP contribution in [0.15, 0.2) is 103 Å². The van der Waals surface area contributed by atoms with Crippen LogP contribution in [0, 0.1) is 5.82 Å². The molecule has 1 heterocycles. The molecule has 5 aromatic rings. The van der Waals surface area contributed by atoms with Crippen molar-refractivity contribution in [3.63, 3.8) is 0 Å². The maximum atomic E-state index is 14.4. The molecule has 34 heavy (non-hydrogen) atoms. The molecule has 0 spiro atoms. The van der Waals surface area contributed by atoms with Gasteiger partial charge in [-0.25, -0.2) is 9.07 Å². The predicted octanol–water partition coefficient (Wildman–Crippen LogP) is 6.63. The van der Waals surface area contributed by atoms with E-state index in [-0.39, 0.29) is 11.1 Å². The van der Waals surface area contributed by atoms with E-state index in [1.54, 1.807) is 30.3 Å². The van der Waals surface area contributed by atoms with Gasteiger partial charge in [-0.2, -0.15) is 18.3 Å². The first-order chi connectivity index (χ1) is 16.3. The van der Waals surface area contributed by atoms with Crippen molar-refractivity contribution in [3.8, 4) is 16.8 Å². The van der Waals surface area contributed by atoms with Gasteiger partial charge in [-0.15, -0.1) is 0 Å². The van der Waals surface area contributed by atoms with E-state index in [1.165, 1.54) is 71.5 Å². The summed E-state index contributed by atoms with van der Waals surface area (Å²) in [6.45, 7) is 0. The van der Waals surface area contributed by atoms with Crippen LogP contribution in [0.25, 0.3) is 27.7 Å². The molecule has 0 saturated carbocycles. The van der Waals surface area contributed by atoms with E-state index in [0.29, 0.717) is 22.2 Å². The molecule has 7 heteroatoms. The number of hydrogen-bond acceptors (Lipinski definition) is 2. The molecule has 0 fully saturated rings. The number of hydrogen-bond donors (Lipinski definition) is 1. The lowest BCUT2D eigenvalue weighted by molar-refractivity contribution is -0.248. The van der Waals surface area contributed by atoms with E-state index >= 15 is 0 Å². The zero-order chi connectivity index (χ0) is 23.9. The van der Waals surface area contributed by atoms with Crippen molar-refractivity contribution in [2.45, 2.75) is 11.8 Å². The standard InChI is InChI=1S/C27H18F4N2O/c28-23-10-12-24(13-11-23)33-25-14-9-22(16-20(25)17-32-33)26(34,27(29,30)31)21-8-4-7-19(15-21)18-5-2-1-3-6-18/h1-17,34H. The maximum absolute atomic E-state index is 14.4. The molecule has 0 aliphatic rings. The van der Waals surface area contributed by atoms with E-state index in [4.69, 9.17) is 0 Å². The molecular formula is C27H18F4N2O. The minimum Gasteiger partial charge on any atom is -0.372 e. The molecule has 0 radical (unpaired) electrons. The fourth-order valence-corrected chi connectivity index (χ4v) is 4.09. The molecule has 1 atom stereocenters. The van der Waals surface area contributed by atoms with Gasteiger partial charge < -0.3 is 5.11 Å². The lowest BCUT2D eigenvalue weighted by atomic mass is 9.84. The van der Waals surface area contributed by atoms with Gasteiger partial charge in [0, 0.05) is 5.39 Å². The zero-order valence-electron chi connectivity index (χ0n) is 17.7. The van der Waals surface area contributed by atoms with Crippen LogP contribution in [0.1, 0.15) is 11.1 Å². The zero-order valence-corrected chi connectivity index (χ0v) is 17.7. The number of halogens is 4. The highest BCUT2D eigenvalue weighted by molar-refractivity contribution is 5.81. The molecule has 0 aliphatic carbocycles. The molecule has 1 N–H and O–H groups in total. The third-order valence-corrected chi connectivity index (χ3v) is 5.85. The van der Waals surface area contributed by atoms with E-state index in [1.807, 2.05) is 6.07 Å². The molecule has 1 aromatic heterocycles. The van der Waals surface area contributed by atoms with Gasteiger partial charge in [-0.05, 0) is 64.7 Å². The molecule has 0 bridgehead atoms. The van der Waals surface area contributed by atoms with Crippen LogP contribution in [0.3, 0.4) is 0 Å². The first kappa shape index (κ1) is 21.9. The van der Waals surface area contributed by atoms with Gasteiger partial charge in [-0.1, -0.05) is 54.6 Å². The Morgan fingerprint density at radius 2 is 1.38 bits per heavy atom. The summed E-state index contributed by atoms with van der Waals surface area (Å²) in [5.41, 5.74) is -1.45. The van der Waals surface area contributed by atoms with E-state index in [9.17, 15) is 22.7 Å². The number of aromatic nitrogens is 2. The molecule has 0 aliphatic heterocycles. The van der Waals surface area contributed by atoms with Crippen molar-refractivity contribution in [1.82, 2.24) is 9.78 Å². The summed E-state index contributed by atoms with van der Waals surface area (Å²) in [7, 11) is 0. The first-order valence-electron chi connectivity index (χ1n) is 10.5. The van der Waals surface area contributed by atoms with Gasteiger partial charge in [0.1, 0.15) is 5.82 Å². The number of benzene rings is 4. The topological polar surface area (TPSA) is 38.1 Å². The fraction of sp³-hybridized carbons (Fsp3) is 0.0741. The lowest BCUT2D eigenvalue weighted by Crippen LogP contribution is -2.43. The van der Waals surface area contributed by atoms with Crippen molar-refractivity contribution >= 4 is 10.9 Å². The summed E-state index contributed by atoms with van der Waals surface area (Å²) in [5, 5.41) is 15.8. The normalized spacial score (nSPS) is 13.7. The highest BCUT2D eigenvalue weighted by atomic mass is 19.4. The van der Waals surface area contributed by atoms with Crippen molar-refractivity contribution < 1.29 is 22.7 Å². The summed E-state index contributed by atoms with van der Waals surface area (Å²) in [4.78, 5) is 0. The van der Waals surface area contributed by atoms with Crippen molar-refractivity contribution in [2.24, 2.45) is 0 Å². The van der Waals surface area contributed by atoms with Gasteiger partial charge in [0.25, 0.3) is 0 Å². The van der Waals surface area contributed by atoms with Gasteiger partial charge >= 0.3 is 6.18 Å². The Morgan fingerprint density at radius 3 is 2.09 bits per heavy atom. The molecule has 1 unspecified atom stereocenters. The molecule has 3 nitrogen and oxygen atoms in total. The first-order valence-corrected chi connectivity index (χ1v) is 10.5. The molecule has 170 valence electrons. The minimum absolute atomic E-state index is 0.286. The molecular weight excluding hydrogens is 444 g/mol. The monoisotopic (exact) mass is 462 g/mol. The molecule has 5 rings (SSSR count). The van der Waals surface area contributed by atoms with Crippen LogP contribution in [0.5, 0.6) is 0 Å². The number of rotatable bonds is 4. The van der Waals surface area contributed by atoms with Crippen molar-refractivity contribution in [1.29, 1.82) is 0 Å². The number of alkyl halides is 3. The predicted molar refractivity (Wildman–Crippen MR) is 122 cm³/mol. The van der Waals surface area contributed by atoms with Crippen molar-refractivity contribution in [3.05, 3.63) is 120 Å². The van der Waals surface area contributed by atoms with E-state index < -0.39 is 17.6 Å². The smallest absolute Gasteiger partial charge is 0.372 e. The lowest BCUT2D eigenvalue weighted by Gasteiger charge is -2.32. The Hall–Kier alpha value is -3.97. The van der Waals surface area contributed by atoms with Crippen LogP contribution in [0.2, 0.25) is 0 Å². The third-order valence-electron chi connectivity index (χ3n) is 5.85. The molecule has 4 aromatic carbocycles. The summed E-state index contributed by atoms with van der Waals surface area (Å²) < 4.78 is 58.0. The fourth-order valence-electron chi connectivity index (χ4n) is 4.09. The number of fused-ring (bicyclic) bond motifs is 1. The van der Waals surface area contributed by atoms with E-state index in [0.717, 1.165) is 5.56 Å². The number of aliphatic hydroxyl groups is 1. The Morgan fingerprint density at radius 1 is 0.706 bits per heavy atom. The maximum Gasteiger partial charge on any atom is 0.425 e. The van der Waals surface area contributed by atoms with Crippen LogP contribution in [-0.4, -0.2) is 21.1 Å². The second-order valence-corrected chi connectivity index (χ2v) is 7.96. The molecule has 0 amide bonds. The van der Waals surface area contributed by atoms with Crippen molar-refractivity contribution in [2.75, 3.05) is 0 Å². The summed E-state index contributed by atoms with van der Waals surface area (Å²) in [5.74, 6) is -0.407. The largest absolute Gasteiger partial charge is 0.425 e. The van der Waals surface area contributed by atoms with E-state index in [2.05, 4.69) is 5.10 Å². The Kier molecular flexibility index (Phi) is 5.21. The second kappa shape index (κ2) is 8.11. The highest BCUT2D eigenvalue weighted by Crippen LogP contribution is 2.45. The van der Waals surface area contributed by atoms with Crippen LogP contribution in [-0.2, 0) is 5.60 Å². The van der Waals surface area contributed by atoms with Crippen LogP contribution >= 0.6 is 0 Å². The minimum atomic E-state index is -4.98. The van der Waals surface area contributed by atoms with Crippen LogP contribution < -0.4 is 0 Å². The van der Waals surface area contributed by atoms with Gasteiger partial charge in [0.05, 0.1) is 17.4 Å². The summed E-state index contributed by atoms with van der Waals surface area (Å²) >= 11 is 0. The summed E-state index contributed by atoms with van der Waals surface area (Å²) in [6, 6.07) is 24.4. The quantitative estimate of drug-likeness (QED) is 0.305. The molecule has 0 saturated heterocycles. The summed E-state index contributed by atoms with van der Waals surface area (Å²) in [6.07, 6.45) is -3.57. The SMILES string of the molecule is OC(c1cccc(-c2ccccc2)c1)(c1ccc2c(cnn2-c2ccc(F)cc2)c1)C(F)(F)F. The highest BCUT2D eigenvalue weighted by Gasteiger charge is 2.56. The third kappa shape index (κ3) is 3.64. The Balaban J connectivity index is 1.63. The number of nitrogens with zero attached hydrogens (tertiary/aromatic N) is 2. The second-order valence-electron chi connectivity index (χ2n) is 7.96. The Labute approximate surface area is 192 Å².